The molecule has 1 aromatic rings. The summed E-state index contributed by atoms with van der Waals surface area (Å²) < 4.78 is 0. The predicted octanol–water partition coefficient (Wildman–Crippen LogP) is 4.05. The number of rotatable bonds is 5. The standard InChI is InChI=1S/C10H12N2O.C8H14/c1-12-6-5-9-8(7-13)3-2-4-10(9)11;1-4-5-6-7-8(2)3/h2-7,12H,11H2,1H3;4-8H,1-3H3/b6-5-;5-4-,7-6-. The Morgan fingerprint density at radius 1 is 1.24 bits per heavy atom. The second-order valence-electron chi connectivity index (χ2n) is 4.74. The van der Waals surface area contributed by atoms with Gasteiger partial charge in [-0.05, 0) is 31.2 Å². The van der Waals surface area contributed by atoms with Crippen molar-refractivity contribution in [1.29, 1.82) is 0 Å². The van der Waals surface area contributed by atoms with E-state index in [2.05, 4.69) is 31.3 Å². The molecule has 0 heterocycles. The zero-order valence-corrected chi connectivity index (χ0v) is 13.3. The Bertz CT molecular complexity index is 500. The quantitative estimate of drug-likeness (QED) is 0.488. The van der Waals surface area contributed by atoms with Crippen LogP contribution in [0.5, 0.6) is 0 Å². The zero-order valence-electron chi connectivity index (χ0n) is 13.3. The monoisotopic (exact) mass is 286 g/mol. The molecule has 21 heavy (non-hydrogen) atoms. The van der Waals surface area contributed by atoms with E-state index in [-0.39, 0.29) is 0 Å². The van der Waals surface area contributed by atoms with Crippen LogP contribution in [0.25, 0.3) is 6.08 Å². The summed E-state index contributed by atoms with van der Waals surface area (Å²) in [5.74, 6) is 0.672. The van der Waals surface area contributed by atoms with Crippen molar-refractivity contribution in [3.63, 3.8) is 0 Å². The van der Waals surface area contributed by atoms with E-state index < -0.39 is 0 Å². The van der Waals surface area contributed by atoms with Crippen LogP contribution in [0.1, 0.15) is 36.7 Å². The number of nitrogens with one attached hydrogen (secondary N) is 1. The number of hydrogen-bond donors (Lipinski definition) is 2. The summed E-state index contributed by atoms with van der Waals surface area (Å²) in [5.41, 5.74) is 7.67. The number of carbonyl (C=O) groups excluding carboxylic acids is 1. The minimum absolute atomic E-state index is 0.603. The highest BCUT2D eigenvalue weighted by Crippen LogP contribution is 2.16. The van der Waals surface area contributed by atoms with Gasteiger partial charge in [0.25, 0.3) is 0 Å². The van der Waals surface area contributed by atoms with Crippen LogP contribution in [-0.2, 0) is 0 Å². The smallest absolute Gasteiger partial charge is 0.150 e. The molecule has 0 radical (unpaired) electrons. The largest absolute Gasteiger partial charge is 0.398 e. The van der Waals surface area contributed by atoms with E-state index >= 15 is 0 Å². The van der Waals surface area contributed by atoms with Gasteiger partial charge in [0.2, 0.25) is 0 Å². The molecule has 0 atom stereocenters. The lowest BCUT2D eigenvalue weighted by atomic mass is 10.1. The molecule has 0 unspecified atom stereocenters. The molecule has 0 aliphatic heterocycles. The number of aldehydes is 1. The van der Waals surface area contributed by atoms with Gasteiger partial charge in [-0.2, -0.15) is 0 Å². The van der Waals surface area contributed by atoms with Crippen molar-refractivity contribution in [3.8, 4) is 0 Å². The molecule has 0 aromatic heterocycles. The van der Waals surface area contributed by atoms with E-state index in [1.807, 2.05) is 19.1 Å². The van der Waals surface area contributed by atoms with Gasteiger partial charge in [-0.25, -0.2) is 0 Å². The SMILES string of the molecule is C/C=C\C=C/C(C)C.CN/C=C\c1c(N)cccc1C=O. The van der Waals surface area contributed by atoms with Gasteiger partial charge in [0.15, 0.2) is 6.29 Å². The Kier molecular flexibility index (Phi) is 10.3. The summed E-state index contributed by atoms with van der Waals surface area (Å²) in [7, 11) is 1.79. The highest BCUT2D eigenvalue weighted by molar-refractivity contribution is 5.86. The van der Waals surface area contributed by atoms with Crippen molar-refractivity contribution in [3.05, 3.63) is 59.8 Å². The van der Waals surface area contributed by atoms with Crippen LogP contribution < -0.4 is 11.1 Å². The average molecular weight is 286 g/mol. The lowest BCUT2D eigenvalue weighted by molar-refractivity contribution is 0.112. The third-order valence-corrected chi connectivity index (χ3v) is 2.52. The zero-order chi connectivity index (χ0) is 16.1. The first kappa shape index (κ1) is 18.7. The highest BCUT2D eigenvalue weighted by Gasteiger charge is 2.00. The maximum Gasteiger partial charge on any atom is 0.150 e. The number of nitrogens with two attached hydrogens (primary N) is 1. The Balaban J connectivity index is 0.000000433. The molecular weight excluding hydrogens is 260 g/mol. The predicted molar refractivity (Wildman–Crippen MR) is 93.1 cm³/mol. The minimum Gasteiger partial charge on any atom is -0.398 e. The molecule has 1 aromatic carbocycles. The molecule has 0 aliphatic rings. The van der Waals surface area contributed by atoms with E-state index in [0.29, 0.717) is 17.2 Å². The third kappa shape index (κ3) is 8.47. The molecule has 0 bridgehead atoms. The Morgan fingerprint density at radius 3 is 2.48 bits per heavy atom. The number of nitrogen functional groups attached to an aromatic ring is 1. The normalized spacial score (nSPS) is 11.1. The van der Waals surface area contributed by atoms with Crippen molar-refractivity contribution < 1.29 is 4.79 Å². The third-order valence-electron chi connectivity index (χ3n) is 2.52. The van der Waals surface area contributed by atoms with Crippen LogP contribution in [0.2, 0.25) is 0 Å². The summed E-state index contributed by atoms with van der Waals surface area (Å²) in [4.78, 5) is 10.6. The number of anilines is 1. The van der Waals surface area contributed by atoms with Crippen LogP contribution in [0.3, 0.4) is 0 Å². The van der Waals surface area contributed by atoms with E-state index in [1.165, 1.54) is 0 Å². The van der Waals surface area contributed by atoms with Crippen molar-refractivity contribution >= 4 is 18.0 Å². The minimum atomic E-state index is 0.603. The molecule has 0 saturated heterocycles. The number of allylic oxidation sites excluding steroid dienone is 4. The van der Waals surface area contributed by atoms with Crippen molar-refractivity contribution in [2.24, 2.45) is 5.92 Å². The number of benzene rings is 1. The van der Waals surface area contributed by atoms with Gasteiger partial charge in [-0.1, -0.05) is 50.3 Å². The molecule has 3 nitrogen and oxygen atoms in total. The first-order valence-electron chi connectivity index (χ1n) is 7.03. The van der Waals surface area contributed by atoms with Crippen LogP contribution in [0.4, 0.5) is 5.69 Å². The topological polar surface area (TPSA) is 55.1 Å². The molecule has 3 heteroatoms. The molecular formula is C18H26N2O. The average Bonchev–Trinajstić information content (AvgIpc) is 2.46. The molecule has 0 fully saturated rings. The van der Waals surface area contributed by atoms with Crippen LogP contribution in [0.15, 0.2) is 48.7 Å². The number of carbonyl (C=O) groups is 1. The van der Waals surface area contributed by atoms with E-state index in [4.69, 9.17) is 5.73 Å². The summed E-state index contributed by atoms with van der Waals surface area (Å²) in [6.07, 6.45) is 12.6. The fourth-order valence-electron chi connectivity index (χ4n) is 1.46. The highest BCUT2D eigenvalue weighted by atomic mass is 16.1. The Hall–Kier alpha value is -2.29. The van der Waals surface area contributed by atoms with Gasteiger partial charge in [-0.3, -0.25) is 4.79 Å². The summed E-state index contributed by atoms with van der Waals surface area (Å²) >= 11 is 0. The molecule has 1 rings (SSSR count). The van der Waals surface area contributed by atoms with Crippen molar-refractivity contribution in [1.82, 2.24) is 5.32 Å². The molecule has 3 N–H and O–H groups in total. The number of hydrogen-bond acceptors (Lipinski definition) is 3. The van der Waals surface area contributed by atoms with Gasteiger partial charge < -0.3 is 11.1 Å². The van der Waals surface area contributed by atoms with E-state index in [0.717, 1.165) is 11.8 Å². The van der Waals surface area contributed by atoms with Gasteiger partial charge >= 0.3 is 0 Å². The van der Waals surface area contributed by atoms with Gasteiger partial charge in [0.1, 0.15) is 0 Å². The van der Waals surface area contributed by atoms with Gasteiger partial charge in [-0.15, -0.1) is 0 Å². The molecule has 0 aliphatic carbocycles. The van der Waals surface area contributed by atoms with Crippen LogP contribution >= 0.6 is 0 Å². The van der Waals surface area contributed by atoms with Crippen LogP contribution in [-0.4, -0.2) is 13.3 Å². The van der Waals surface area contributed by atoms with Crippen molar-refractivity contribution in [2.45, 2.75) is 20.8 Å². The first-order valence-corrected chi connectivity index (χ1v) is 7.03. The van der Waals surface area contributed by atoms with E-state index in [1.54, 1.807) is 37.5 Å². The van der Waals surface area contributed by atoms with Gasteiger partial charge in [0.05, 0.1) is 0 Å². The summed E-state index contributed by atoms with van der Waals surface area (Å²) in [5, 5.41) is 2.84. The Labute approximate surface area is 128 Å². The fraction of sp³-hybridized carbons (Fsp3) is 0.278. The molecule has 114 valence electrons. The fourth-order valence-corrected chi connectivity index (χ4v) is 1.46. The molecule has 0 amide bonds. The molecule has 0 spiro atoms. The van der Waals surface area contributed by atoms with Crippen LogP contribution in [0, 0.1) is 5.92 Å². The summed E-state index contributed by atoms with van der Waals surface area (Å²) in [6, 6.07) is 5.26. The maximum absolute atomic E-state index is 10.6. The van der Waals surface area contributed by atoms with E-state index in [9.17, 15) is 4.79 Å². The molecule has 0 saturated carbocycles. The van der Waals surface area contributed by atoms with Gasteiger partial charge in [0, 0.05) is 23.9 Å². The first-order chi connectivity index (χ1) is 10.1. The van der Waals surface area contributed by atoms with Crippen molar-refractivity contribution in [2.75, 3.05) is 12.8 Å². The summed E-state index contributed by atoms with van der Waals surface area (Å²) in [6.45, 7) is 6.35. The lowest BCUT2D eigenvalue weighted by Gasteiger charge is -2.02. The second-order valence-corrected chi connectivity index (χ2v) is 4.74. The second kappa shape index (κ2) is 11.5. The maximum atomic E-state index is 10.6. The lowest BCUT2D eigenvalue weighted by Crippen LogP contribution is -1.96. The Morgan fingerprint density at radius 2 is 1.95 bits per heavy atom.